The average molecular weight is 216 g/mol. The summed E-state index contributed by atoms with van der Waals surface area (Å²) in [6.07, 6.45) is 1.01. The van der Waals surface area contributed by atoms with Crippen LogP contribution < -0.4 is 5.32 Å². The standard InChI is InChI=1S/C10H14F2N2O/c11-10(12)7-3-6(4-8(7)10)14-2-1-13-5-9(14)15/h6-8,13H,1-5H2. The van der Waals surface area contributed by atoms with Gasteiger partial charge in [-0.1, -0.05) is 0 Å². The van der Waals surface area contributed by atoms with E-state index in [0.717, 1.165) is 6.54 Å². The number of nitrogens with zero attached hydrogens (tertiary/aromatic N) is 1. The van der Waals surface area contributed by atoms with E-state index >= 15 is 0 Å². The molecule has 0 aromatic rings. The number of alkyl halides is 2. The van der Waals surface area contributed by atoms with Crippen molar-refractivity contribution in [3.8, 4) is 0 Å². The molecule has 0 aromatic heterocycles. The molecule has 2 aliphatic carbocycles. The third-order valence-corrected chi connectivity index (χ3v) is 3.98. The minimum absolute atomic E-state index is 0.0656. The molecule has 1 heterocycles. The monoisotopic (exact) mass is 216 g/mol. The van der Waals surface area contributed by atoms with Gasteiger partial charge in [-0.05, 0) is 12.8 Å². The first-order chi connectivity index (χ1) is 7.10. The zero-order chi connectivity index (χ0) is 10.6. The van der Waals surface area contributed by atoms with Crippen LogP contribution in [0.2, 0.25) is 0 Å². The van der Waals surface area contributed by atoms with Crippen LogP contribution in [0.5, 0.6) is 0 Å². The highest BCUT2D eigenvalue weighted by molar-refractivity contribution is 5.79. The maximum atomic E-state index is 13.0. The summed E-state index contributed by atoms with van der Waals surface area (Å²) in [6.45, 7) is 1.82. The van der Waals surface area contributed by atoms with Crippen LogP contribution in [-0.2, 0) is 4.79 Å². The van der Waals surface area contributed by atoms with Gasteiger partial charge in [0.05, 0.1) is 6.54 Å². The van der Waals surface area contributed by atoms with Crippen molar-refractivity contribution in [2.75, 3.05) is 19.6 Å². The number of fused-ring (bicyclic) bond motifs is 1. The molecule has 1 amide bonds. The van der Waals surface area contributed by atoms with Crippen LogP contribution in [0.25, 0.3) is 0 Å². The molecule has 3 nitrogen and oxygen atoms in total. The Kier molecular flexibility index (Phi) is 1.84. The summed E-state index contributed by atoms with van der Waals surface area (Å²) in [6, 6.07) is 0.0780. The number of piperazine rings is 1. The molecule has 84 valence electrons. The minimum Gasteiger partial charge on any atom is -0.337 e. The van der Waals surface area contributed by atoms with Crippen molar-refractivity contribution < 1.29 is 13.6 Å². The molecule has 1 aliphatic heterocycles. The van der Waals surface area contributed by atoms with Gasteiger partial charge in [-0.2, -0.15) is 0 Å². The topological polar surface area (TPSA) is 32.3 Å². The van der Waals surface area contributed by atoms with E-state index in [1.165, 1.54) is 0 Å². The van der Waals surface area contributed by atoms with E-state index < -0.39 is 17.8 Å². The molecule has 0 aromatic carbocycles. The van der Waals surface area contributed by atoms with E-state index in [1.54, 1.807) is 4.90 Å². The third kappa shape index (κ3) is 1.29. The number of carbonyl (C=O) groups is 1. The zero-order valence-electron chi connectivity index (χ0n) is 8.38. The molecule has 3 fully saturated rings. The summed E-state index contributed by atoms with van der Waals surface area (Å²) in [5, 5.41) is 2.99. The molecule has 2 unspecified atom stereocenters. The van der Waals surface area contributed by atoms with Gasteiger partial charge in [0, 0.05) is 31.0 Å². The summed E-state index contributed by atoms with van der Waals surface area (Å²) < 4.78 is 25.9. The first kappa shape index (κ1) is 9.51. The molecule has 0 bridgehead atoms. The van der Waals surface area contributed by atoms with Gasteiger partial charge in [0.1, 0.15) is 0 Å². The highest BCUT2D eigenvalue weighted by Crippen LogP contribution is 2.64. The molecule has 2 atom stereocenters. The van der Waals surface area contributed by atoms with Crippen LogP contribution in [-0.4, -0.2) is 42.4 Å². The molecule has 5 heteroatoms. The first-order valence-electron chi connectivity index (χ1n) is 5.48. The largest absolute Gasteiger partial charge is 0.337 e. The van der Waals surface area contributed by atoms with Crippen LogP contribution in [0.3, 0.4) is 0 Å². The maximum absolute atomic E-state index is 13.0. The smallest absolute Gasteiger partial charge is 0.254 e. The Labute approximate surface area is 86.8 Å². The van der Waals surface area contributed by atoms with Crippen molar-refractivity contribution >= 4 is 5.91 Å². The molecule has 0 radical (unpaired) electrons. The normalized spacial score (nSPS) is 42.9. The van der Waals surface area contributed by atoms with Gasteiger partial charge in [-0.3, -0.25) is 4.79 Å². The first-order valence-corrected chi connectivity index (χ1v) is 5.48. The minimum atomic E-state index is -2.42. The van der Waals surface area contributed by atoms with Crippen molar-refractivity contribution in [2.24, 2.45) is 11.8 Å². The van der Waals surface area contributed by atoms with Gasteiger partial charge in [-0.25, -0.2) is 8.78 Å². The molecular weight excluding hydrogens is 202 g/mol. The fraction of sp³-hybridized carbons (Fsp3) is 0.900. The maximum Gasteiger partial charge on any atom is 0.254 e. The molecular formula is C10H14F2N2O. The lowest BCUT2D eigenvalue weighted by Gasteiger charge is -2.34. The second kappa shape index (κ2) is 2.90. The number of carbonyl (C=O) groups excluding carboxylic acids is 1. The van der Waals surface area contributed by atoms with Crippen molar-refractivity contribution in [1.29, 1.82) is 0 Å². The van der Waals surface area contributed by atoms with Gasteiger partial charge in [0.25, 0.3) is 5.92 Å². The fourth-order valence-electron chi connectivity index (χ4n) is 3.05. The highest BCUT2D eigenvalue weighted by Gasteiger charge is 2.72. The van der Waals surface area contributed by atoms with Gasteiger partial charge >= 0.3 is 0 Å². The van der Waals surface area contributed by atoms with Crippen LogP contribution in [0.1, 0.15) is 12.8 Å². The fourth-order valence-corrected chi connectivity index (χ4v) is 3.05. The van der Waals surface area contributed by atoms with Crippen molar-refractivity contribution in [2.45, 2.75) is 24.8 Å². The lowest BCUT2D eigenvalue weighted by Crippen LogP contribution is -2.52. The summed E-state index contributed by atoms with van der Waals surface area (Å²) in [4.78, 5) is 13.3. The number of rotatable bonds is 1. The van der Waals surface area contributed by atoms with E-state index in [4.69, 9.17) is 0 Å². The predicted molar refractivity (Wildman–Crippen MR) is 49.5 cm³/mol. The average Bonchev–Trinajstić information content (AvgIpc) is 2.63. The molecule has 15 heavy (non-hydrogen) atoms. The van der Waals surface area contributed by atoms with Crippen LogP contribution in [0.4, 0.5) is 8.78 Å². The molecule has 3 aliphatic rings. The Balaban J connectivity index is 1.64. The van der Waals surface area contributed by atoms with Crippen LogP contribution in [0, 0.1) is 11.8 Å². The summed E-state index contributed by atoms with van der Waals surface area (Å²) in [5.74, 6) is -3.24. The van der Waals surface area contributed by atoms with Gasteiger partial charge < -0.3 is 10.2 Å². The van der Waals surface area contributed by atoms with Crippen molar-refractivity contribution in [3.05, 3.63) is 0 Å². The van der Waals surface area contributed by atoms with E-state index in [1.807, 2.05) is 0 Å². The molecule has 1 saturated heterocycles. The quantitative estimate of drug-likeness (QED) is 0.690. The van der Waals surface area contributed by atoms with E-state index in [9.17, 15) is 13.6 Å². The Hall–Kier alpha value is -0.710. The van der Waals surface area contributed by atoms with Gasteiger partial charge in [0.15, 0.2) is 0 Å². The molecule has 3 rings (SSSR count). The number of hydrogen-bond donors (Lipinski definition) is 1. The number of nitrogens with one attached hydrogen (secondary N) is 1. The van der Waals surface area contributed by atoms with Gasteiger partial charge in [0.2, 0.25) is 5.91 Å². The van der Waals surface area contributed by atoms with Crippen molar-refractivity contribution in [3.63, 3.8) is 0 Å². The summed E-state index contributed by atoms with van der Waals surface area (Å²) >= 11 is 0. The van der Waals surface area contributed by atoms with Crippen LogP contribution >= 0.6 is 0 Å². The second-order valence-corrected chi connectivity index (χ2v) is 4.78. The van der Waals surface area contributed by atoms with E-state index in [-0.39, 0.29) is 11.9 Å². The summed E-state index contributed by atoms with van der Waals surface area (Å²) in [5.41, 5.74) is 0. The van der Waals surface area contributed by atoms with Crippen molar-refractivity contribution in [1.82, 2.24) is 10.2 Å². The number of halogens is 2. The molecule has 2 saturated carbocycles. The Bertz CT molecular complexity index is 294. The molecule has 1 N–H and O–H groups in total. The highest BCUT2D eigenvalue weighted by atomic mass is 19.3. The Morgan fingerprint density at radius 1 is 1.33 bits per heavy atom. The third-order valence-electron chi connectivity index (χ3n) is 3.98. The van der Waals surface area contributed by atoms with Gasteiger partial charge in [-0.15, -0.1) is 0 Å². The predicted octanol–water partition coefficient (Wildman–Crippen LogP) is 0.462. The Morgan fingerprint density at radius 3 is 2.60 bits per heavy atom. The zero-order valence-corrected chi connectivity index (χ0v) is 8.38. The van der Waals surface area contributed by atoms with E-state index in [2.05, 4.69) is 5.32 Å². The second-order valence-electron chi connectivity index (χ2n) is 4.78. The van der Waals surface area contributed by atoms with E-state index in [0.29, 0.717) is 25.9 Å². The summed E-state index contributed by atoms with van der Waals surface area (Å²) in [7, 11) is 0. The Morgan fingerprint density at radius 2 is 2.00 bits per heavy atom. The number of hydrogen-bond acceptors (Lipinski definition) is 2. The SMILES string of the molecule is O=C1CNCCN1C1CC2C(C1)C2(F)F. The van der Waals surface area contributed by atoms with Crippen LogP contribution in [0.15, 0.2) is 0 Å². The lowest BCUT2D eigenvalue weighted by molar-refractivity contribution is -0.135. The number of amides is 1. The molecule has 0 spiro atoms. The lowest BCUT2D eigenvalue weighted by atomic mass is 10.1.